The van der Waals surface area contributed by atoms with E-state index in [-0.39, 0.29) is 30.8 Å². The van der Waals surface area contributed by atoms with Crippen LogP contribution in [0.5, 0.6) is 5.75 Å². The predicted octanol–water partition coefficient (Wildman–Crippen LogP) is 3.56. The lowest BCUT2D eigenvalue weighted by atomic mass is 9.96. The molecule has 0 spiro atoms. The number of carbonyl (C=O) groups is 3. The van der Waals surface area contributed by atoms with E-state index in [0.717, 1.165) is 12.0 Å². The van der Waals surface area contributed by atoms with Crippen LogP contribution < -0.4 is 20.7 Å². The van der Waals surface area contributed by atoms with Crippen LogP contribution in [0.1, 0.15) is 52.2 Å². The lowest BCUT2D eigenvalue weighted by Crippen LogP contribution is -2.59. The van der Waals surface area contributed by atoms with Gasteiger partial charge in [-0.05, 0) is 25.8 Å². The number of aliphatic hydroxyl groups is 1. The van der Waals surface area contributed by atoms with Crippen LogP contribution in [0.25, 0.3) is 6.08 Å². The average molecular weight is 583 g/mol. The van der Waals surface area contributed by atoms with Crippen molar-refractivity contribution in [3.63, 3.8) is 0 Å². The normalized spacial score (nSPS) is 20.7. The van der Waals surface area contributed by atoms with Crippen molar-refractivity contribution in [2.75, 3.05) is 33.3 Å². The Bertz CT molecular complexity index is 1110. The Morgan fingerprint density at radius 3 is 2.24 bits per heavy atom. The van der Waals surface area contributed by atoms with E-state index in [9.17, 15) is 19.5 Å². The van der Waals surface area contributed by atoms with Crippen LogP contribution in [0, 0.1) is 12.8 Å². The minimum atomic E-state index is -1.12. The van der Waals surface area contributed by atoms with Crippen molar-refractivity contribution < 1.29 is 24.2 Å². The molecule has 1 heterocycles. The number of nitrogens with zero attached hydrogens (tertiary/aromatic N) is 1. The highest BCUT2D eigenvalue weighted by Gasteiger charge is 2.35. The van der Waals surface area contributed by atoms with Crippen LogP contribution in [-0.4, -0.2) is 79.2 Å². The Morgan fingerprint density at radius 2 is 1.64 bits per heavy atom. The third-order valence-corrected chi connectivity index (χ3v) is 6.69. The first-order valence-corrected chi connectivity index (χ1v) is 14.8. The molecule has 3 amide bonds. The Kier molecular flexibility index (Phi) is 17.5. The minimum Gasteiger partial charge on any atom is -0.492 e. The number of hydrogen-bond acceptors (Lipinski definition) is 6. The first-order chi connectivity index (χ1) is 20.1. The summed E-state index contributed by atoms with van der Waals surface area (Å²) >= 11 is 0. The highest BCUT2D eigenvalue weighted by molar-refractivity contribution is 5.92. The van der Waals surface area contributed by atoms with Crippen LogP contribution in [0.15, 0.2) is 60.7 Å². The van der Waals surface area contributed by atoms with Gasteiger partial charge in [0.2, 0.25) is 17.7 Å². The van der Waals surface area contributed by atoms with E-state index in [1.54, 1.807) is 6.08 Å². The molecule has 42 heavy (non-hydrogen) atoms. The van der Waals surface area contributed by atoms with Gasteiger partial charge in [-0.15, -0.1) is 0 Å². The number of amides is 3. The maximum Gasteiger partial charge on any atom is 0.245 e. The van der Waals surface area contributed by atoms with Crippen LogP contribution >= 0.6 is 0 Å². The number of para-hydroxylation sites is 1. The number of benzene rings is 2. The summed E-state index contributed by atoms with van der Waals surface area (Å²) in [5.41, 5.74) is 2.19. The average Bonchev–Trinajstić information content (AvgIpc) is 2.99. The van der Waals surface area contributed by atoms with Gasteiger partial charge in [0.05, 0.1) is 18.7 Å². The molecule has 4 unspecified atom stereocenters. The van der Waals surface area contributed by atoms with Crippen molar-refractivity contribution in [2.24, 2.45) is 5.92 Å². The topological polar surface area (TPSA) is 120 Å². The van der Waals surface area contributed by atoms with Gasteiger partial charge < -0.3 is 30.7 Å². The van der Waals surface area contributed by atoms with Gasteiger partial charge in [-0.3, -0.25) is 14.4 Å². The lowest BCUT2D eigenvalue weighted by molar-refractivity contribution is -0.145. The van der Waals surface area contributed by atoms with Crippen LogP contribution in [0.4, 0.5) is 0 Å². The Morgan fingerprint density at radius 1 is 1.00 bits per heavy atom. The van der Waals surface area contributed by atoms with Crippen LogP contribution in [0.3, 0.4) is 0 Å². The smallest absolute Gasteiger partial charge is 0.245 e. The van der Waals surface area contributed by atoms with E-state index in [1.807, 2.05) is 76.2 Å². The summed E-state index contributed by atoms with van der Waals surface area (Å²) in [6.07, 6.45) is 3.28. The maximum atomic E-state index is 13.3. The third kappa shape index (κ3) is 12.4. The number of carbonyl (C=O) groups excluding carboxylic acids is 3. The number of fused-ring (bicyclic) bond motifs is 1. The summed E-state index contributed by atoms with van der Waals surface area (Å²) < 4.78 is 5.92. The highest BCUT2D eigenvalue weighted by atomic mass is 16.5. The van der Waals surface area contributed by atoms with Gasteiger partial charge in [-0.2, -0.15) is 0 Å². The van der Waals surface area contributed by atoms with Crippen molar-refractivity contribution in [2.45, 2.75) is 66.2 Å². The Balaban J connectivity index is 0.000000841. The van der Waals surface area contributed by atoms with Gasteiger partial charge in [0.25, 0.3) is 0 Å². The molecule has 0 bridgehead atoms. The van der Waals surface area contributed by atoms with Crippen molar-refractivity contribution in [3.8, 4) is 5.75 Å². The Hall–Kier alpha value is -3.69. The molecule has 2 aromatic rings. The molecule has 9 heteroatoms. The molecule has 1 aliphatic rings. The predicted molar refractivity (Wildman–Crippen MR) is 169 cm³/mol. The van der Waals surface area contributed by atoms with Gasteiger partial charge in [0.1, 0.15) is 18.4 Å². The molecule has 0 radical (unpaired) electrons. The van der Waals surface area contributed by atoms with Crippen molar-refractivity contribution in [1.29, 1.82) is 0 Å². The summed E-state index contributed by atoms with van der Waals surface area (Å²) in [6.45, 7) is 12.3. The molecule has 232 valence electrons. The molecule has 9 nitrogen and oxygen atoms in total. The number of rotatable bonds is 3. The molecule has 1 aliphatic heterocycles. The number of hydrogen-bond donors (Lipinski definition) is 4. The minimum absolute atomic E-state index is 0.00995. The lowest BCUT2D eigenvalue weighted by Gasteiger charge is -2.34. The van der Waals surface area contributed by atoms with Crippen molar-refractivity contribution >= 4 is 23.8 Å². The number of nitrogens with one attached hydrogen (secondary N) is 3. The summed E-state index contributed by atoms with van der Waals surface area (Å²) in [5.74, 6) is -0.583. The first-order valence-electron chi connectivity index (χ1n) is 14.8. The van der Waals surface area contributed by atoms with Gasteiger partial charge >= 0.3 is 0 Å². The number of aryl methyl sites for hydroxylation is 1. The van der Waals surface area contributed by atoms with E-state index in [0.29, 0.717) is 18.9 Å². The summed E-state index contributed by atoms with van der Waals surface area (Å²) in [7, 11) is 1.49. The van der Waals surface area contributed by atoms with E-state index in [1.165, 1.54) is 24.4 Å². The monoisotopic (exact) mass is 582 g/mol. The molecule has 0 saturated carbocycles. The SMILES string of the molecule is CC.CCC(C)C1NCCOc2ccccc2/C=C\CNC(=O)CNC(=O)C(C(C)O)N(C)C1=O.Cc1ccccc1. The summed E-state index contributed by atoms with van der Waals surface area (Å²) in [4.78, 5) is 39.4. The van der Waals surface area contributed by atoms with Crippen molar-refractivity contribution in [3.05, 3.63) is 71.8 Å². The number of likely N-dealkylation sites (N-methyl/N-ethyl adjacent to an activating group) is 1. The van der Waals surface area contributed by atoms with Gasteiger partial charge in [0.15, 0.2) is 0 Å². The zero-order valence-corrected chi connectivity index (χ0v) is 26.2. The molecule has 3 rings (SSSR count). The summed E-state index contributed by atoms with van der Waals surface area (Å²) in [6, 6.07) is 16.1. The number of ether oxygens (including phenoxy) is 1. The second kappa shape index (κ2) is 20.2. The summed E-state index contributed by atoms with van der Waals surface area (Å²) in [5, 5.41) is 18.7. The molecule has 4 N–H and O–H groups in total. The van der Waals surface area contributed by atoms with E-state index in [4.69, 9.17) is 4.74 Å². The zero-order chi connectivity index (χ0) is 31.5. The fourth-order valence-electron chi connectivity index (χ4n) is 4.20. The van der Waals surface area contributed by atoms with Gasteiger partial charge in [-0.1, -0.05) is 100 Å². The number of aliphatic hydroxyl groups excluding tert-OH is 1. The second-order valence-electron chi connectivity index (χ2n) is 9.92. The fourth-order valence-corrected chi connectivity index (χ4v) is 4.20. The molecule has 0 fully saturated rings. The molecule has 0 aromatic heterocycles. The van der Waals surface area contributed by atoms with Crippen LogP contribution in [0.2, 0.25) is 0 Å². The second-order valence-corrected chi connectivity index (χ2v) is 9.92. The van der Waals surface area contributed by atoms with E-state index in [2.05, 4.69) is 35.0 Å². The van der Waals surface area contributed by atoms with Gasteiger partial charge in [0, 0.05) is 25.7 Å². The van der Waals surface area contributed by atoms with Crippen LogP contribution in [-0.2, 0) is 14.4 Å². The Labute approximate surface area is 251 Å². The van der Waals surface area contributed by atoms with Crippen molar-refractivity contribution in [1.82, 2.24) is 20.9 Å². The third-order valence-electron chi connectivity index (χ3n) is 6.69. The van der Waals surface area contributed by atoms with E-state index < -0.39 is 24.1 Å². The zero-order valence-electron chi connectivity index (χ0n) is 26.2. The van der Waals surface area contributed by atoms with Gasteiger partial charge in [-0.25, -0.2) is 0 Å². The molecule has 4 atom stereocenters. The highest BCUT2D eigenvalue weighted by Crippen LogP contribution is 2.19. The molecule has 0 aliphatic carbocycles. The largest absolute Gasteiger partial charge is 0.492 e. The molecular weight excluding hydrogens is 532 g/mol. The van der Waals surface area contributed by atoms with E-state index >= 15 is 0 Å². The molecule has 0 saturated heterocycles. The molecule has 2 aromatic carbocycles. The first kappa shape index (κ1) is 36.3. The maximum absolute atomic E-state index is 13.3. The fraction of sp³-hybridized carbons (Fsp3) is 0.485. The standard InChI is InChI=1S/C24H36N4O5.C7H8.C2H6/c1-5-16(2)21-24(32)28(4)22(17(3)29)23(31)27-15-20(30)25-12-8-10-18-9-6-7-11-19(18)33-14-13-26-21;1-7-5-3-2-4-6-7;1-2/h6-11,16-17,21-22,26,29H,5,12-15H2,1-4H3,(H,25,30)(H,27,31);2-6H,1H3;1-2H3/b10-8-;;. The molecular formula is C33H50N4O5. The quantitative estimate of drug-likeness (QED) is 0.440.